The minimum absolute atomic E-state index is 0.0695. The van der Waals surface area contributed by atoms with E-state index >= 15 is 0 Å². The first-order chi connectivity index (χ1) is 8.27. The lowest BCUT2D eigenvalue weighted by atomic mass is 10.1. The Morgan fingerprint density at radius 1 is 1.28 bits per heavy atom. The molecule has 96 valence electrons. The first-order valence-electron chi connectivity index (χ1n) is 4.57. The molecule has 1 heterocycles. The van der Waals surface area contributed by atoms with Crippen LogP contribution in [0, 0.1) is 5.82 Å². The summed E-state index contributed by atoms with van der Waals surface area (Å²) >= 11 is 0. The number of alkyl halides is 3. The third-order valence-corrected chi connectivity index (χ3v) is 2.19. The van der Waals surface area contributed by atoms with E-state index < -0.39 is 23.7 Å². The summed E-state index contributed by atoms with van der Waals surface area (Å²) in [4.78, 5) is 12.5. The number of rotatable bonds is 1. The van der Waals surface area contributed by atoms with Gasteiger partial charge in [0, 0.05) is 17.0 Å². The van der Waals surface area contributed by atoms with Crippen LogP contribution in [-0.2, 0) is 6.18 Å². The molecule has 1 aromatic heterocycles. The van der Waals surface area contributed by atoms with Crippen LogP contribution in [0.1, 0.15) is 5.56 Å². The number of benzene rings is 1. The lowest BCUT2D eigenvalue weighted by Crippen LogP contribution is -2.07. The molecule has 2 aromatic rings. The molecule has 8 heteroatoms. The molecule has 0 aliphatic carbocycles. The molecule has 0 unspecified atom stereocenters. The molecule has 1 aromatic carbocycles. The van der Waals surface area contributed by atoms with Crippen molar-refractivity contribution < 1.29 is 32.2 Å². The average molecular weight is 263 g/mol. The summed E-state index contributed by atoms with van der Waals surface area (Å²) in [7, 11) is 0. The Bertz CT molecular complexity index is 617. The van der Waals surface area contributed by atoms with Gasteiger partial charge in [-0.1, -0.05) is 0 Å². The first kappa shape index (κ1) is 12.2. The maximum absolute atomic E-state index is 13.2. The summed E-state index contributed by atoms with van der Waals surface area (Å²) < 4.78 is 54.7. The molecule has 0 bridgehead atoms. The van der Waals surface area contributed by atoms with Gasteiger partial charge >= 0.3 is 12.3 Å². The van der Waals surface area contributed by atoms with E-state index in [0.717, 1.165) is 6.07 Å². The lowest BCUT2D eigenvalue weighted by molar-refractivity contribution is -0.139. The molecule has 0 atom stereocenters. The molecule has 0 saturated heterocycles. The second-order valence-corrected chi connectivity index (χ2v) is 3.42. The second-order valence-electron chi connectivity index (χ2n) is 3.42. The van der Waals surface area contributed by atoms with Gasteiger partial charge in [-0.3, -0.25) is 0 Å². The van der Waals surface area contributed by atoms with Crippen LogP contribution < -0.4 is 4.74 Å². The third kappa shape index (κ3) is 2.22. The van der Waals surface area contributed by atoms with E-state index in [2.05, 4.69) is 9.72 Å². The Labute approximate surface area is 96.8 Å². The average Bonchev–Trinajstić information content (AvgIpc) is 2.54. The number of carboxylic acid groups (broad SMARTS) is 1. The van der Waals surface area contributed by atoms with Crippen molar-refractivity contribution in [3.63, 3.8) is 0 Å². The largest absolute Gasteiger partial charge is 0.512 e. The van der Waals surface area contributed by atoms with Crippen LogP contribution >= 0.6 is 0 Å². The van der Waals surface area contributed by atoms with Crippen molar-refractivity contribution in [2.24, 2.45) is 0 Å². The van der Waals surface area contributed by atoms with E-state index in [0.29, 0.717) is 12.1 Å². The van der Waals surface area contributed by atoms with E-state index in [1.165, 1.54) is 0 Å². The lowest BCUT2D eigenvalue weighted by Gasteiger charge is -2.07. The zero-order valence-corrected chi connectivity index (χ0v) is 8.51. The molecule has 4 nitrogen and oxygen atoms in total. The summed E-state index contributed by atoms with van der Waals surface area (Å²) in [5.74, 6) is -1.72. The number of aromatic nitrogens is 1. The van der Waals surface area contributed by atoms with Gasteiger partial charge in [-0.15, -0.1) is 0 Å². The predicted octanol–water partition coefficient (Wildman–Crippen LogP) is 3.38. The van der Waals surface area contributed by atoms with E-state index in [1.807, 2.05) is 0 Å². The molecule has 2 rings (SSSR count). The number of ether oxygens (including phenoxy) is 1. The van der Waals surface area contributed by atoms with Gasteiger partial charge < -0.3 is 14.8 Å². The predicted molar refractivity (Wildman–Crippen MR) is 51.9 cm³/mol. The van der Waals surface area contributed by atoms with Crippen molar-refractivity contribution in [2.45, 2.75) is 6.18 Å². The smallest absolute Gasteiger partial charge is 0.449 e. The van der Waals surface area contributed by atoms with Crippen molar-refractivity contribution in [3.8, 4) is 5.88 Å². The maximum atomic E-state index is 13.2. The Kier molecular flexibility index (Phi) is 2.64. The zero-order valence-electron chi connectivity index (χ0n) is 8.51. The molecule has 0 amide bonds. The van der Waals surface area contributed by atoms with Crippen molar-refractivity contribution in [1.29, 1.82) is 0 Å². The van der Waals surface area contributed by atoms with Crippen LogP contribution in [0.15, 0.2) is 18.2 Å². The monoisotopic (exact) mass is 263 g/mol. The van der Waals surface area contributed by atoms with Gasteiger partial charge in [-0.2, -0.15) is 13.2 Å². The molecule has 18 heavy (non-hydrogen) atoms. The SMILES string of the molecule is O=C(O)Oc1cc2cc(F)c(C(F)(F)F)cc2[nH]1. The highest BCUT2D eigenvalue weighted by Crippen LogP contribution is 2.34. The van der Waals surface area contributed by atoms with Crippen LogP contribution in [0.3, 0.4) is 0 Å². The normalized spacial score (nSPS) is 11.8. The molecular formula is C10H5F4NO3. The highest BCUT2D eigenvalue weighted by molar-refractivity contribution is 5.83. The summed E-state index contributed by atoms with van der Waals surface area (Å²) in [6.07, 6.45) is -6.45. The first-order valence-corrected chi connectivity index (χ1v) is 4.57. The number of hydrogen-bond donors (Lipinski definition) is 2. The number of hydrogen-bond acceptors (Lipinski definition) is 2. The van der Waals surface area contributed by atoms with E-state index in [-0.39, 0.29) is 16.8 Å². The highest BCUT2D eigenvalue weighted by Gasteiger charge is 2.34. The minimum Gasteiger partial charge on any atom is -0.449 e. The highest BCUT2D eigenvalue weighted by atomic mass is 19.4. The standard InChI is InChI=1S/C10H5F4NO3/c11-6-1-4-2-8(18-9(16)17)15-7(4)3-5(6)10(12,13)14/h1-3,15H,(H,16,17). The fourth-order valence-electron chi connectivity index (χ4n) is 1.49. The van der Waals surface area contributed by atoms with Gasteiger partial charge in [0.1, 0.15) is 5.82 Å². The molecule has 0 saturated carbocycles. The number of halogens is 4. The fraction of sp³-hybridized carbons (Fsp3) is 0.100. The number of fused-ring (bicyclic) bond motifs is 1. The topological polar surface area (TPSA) is 62.3 Å². The number of H-pyrrole nitrogens is 1. The number of carbonyl (C=O) groups is 1. The Hall–Kier alpha value is -2.25. The third-order valence-electron chi connectivity index (χ3n) is 2.19. The second kappa shape index (κ2) is 3.90. The van der Waals surface area contributed by atoms with Gasteiger partial charge in [-0.05, 0) is 12.1 Å². The van der Waals surface area contributed by atoms with Crippen LogP contribution in [0.5, 0.6) is 5.88 Å². The van der Waals surface area contributed by atoms with Crippen LogP contribution in [0.4, 0.5) is 22.4 Å². The Balaban J connectivity index is 2.54. The van der Waals surface area contributed by atoms with Crippen molar-refractivity contribution in [2.75, 3.05) is 0 Å². The summed E-state index contributed by atoms with van der Waals surface area (Å²) in [5.41, 5.74) is -1.50. The molecule has 0 aliphatic heterocycles. The molecule has 2 N–H and O–H groups in total. The van der Waals surface area contributed by atoms with Gasteiger partial charge in [0.05, 0.1) is 5.56 Å². The molecule has 0 spiro atoms. The summed E-state index contributed by atoms with van der Waals surface area (Å²) in [5, 5.41) is 8.41. The van der Waals surface area contributed by atoms with Gasteiger partial charge in [0.25, 0.3) is 0 Å². The quantitative estimate of drug-likeness (QED) is 0.612. The van der Waals surface area contributed by atoms with Crippen LogP contribution in [0.25, 0.3) is 10.9 Å². The number of aromatic amines is 1. The molecular weight excluding hydrogens is 258 g/mol. The summed E-state index contributed by atoms with van der Waals surface area (Å²) in [6.45, 7) is 0. The van der Waals surface area contributed by atoms with E-state index in [1.54, 1.807) is 0 Å². The summed E-state index contributed by atoms with van der Waals surface area (Å²) in [6, 6.07) is 2.30. The molecule has 0 aliphatic rings. The molecule has 0 fully saturated rings. The van der Waals surface area contributed by atoms with Gasteiger partial charge in [-0.25, -0.2) is 9.18 Å². The Morgan fingerprint density at radius 3 is 2.50 bits per heavy atom. The van der Waals surface area contributed by atoms with Crippen LogP contribution in [-0.4, -0.2) is 16.2 Å². The van der Waals surface area contributed by atoms with Crippen LogP contribution in [0.2, 0.25) is 0 Å². The maximum Gasteiger partial charge on any atom is 0.512 e. The van der Waals surface area contributed by atoms with Crippen molar-refractivity contribution in [3.05, 3.63) is 29.6 Å². The number of nitrogens with one attached hydrogen (secondary N) is 1. The van der Waals surface area contributed by atoms with Crippen molar-refractivity contribution >= 4 is 17.1 Å². The zero-order chi connectivity index (χ0) is 13.5. The van der Waals surface area contributed by atoms with Crippen molar-refractivity contribution in [1.82, 2.24) is 4.98 Å². The van der Waals surface area contributed by atoms with Gasteiger partial charge in [0.2, 0.25) is 5.88 Å². The van der Waals surface area contributed by atoms with E-state index in [4.69, 9.17) is 5.11 Å². The molecule has 0 radical (unpaired) electrons. The minimum atomic E-state index is -4.82. The Morgan fingerprint density at radius 2 is 1.94 bits per heavy atom. The fourth-order valence-corrected chi connectivity index (χ4v) is 1.49. The van der Waals surface area contributed by atoms with Gasteiger partial charge in [0.15, 0.2) is 0 Å². The van der Waals surface area contributed by atoms with E-state index in [9.17, 15) is 22.4 Å².